The van der Waals surface area contributed by atoms with Crippen molar-refractivity contribution in [2.45, 2.75) is 0 Å². The van der Waals surface area contributed by atoms with Crippen LogP contribution >= 0.6 is 0 Å². The van der Waals surface area contributed by atoms with Gasteiger partial charge >= 0.3 is 0 Å². The Morgan fingerprint density at radius 2 is 0.964 bits per heavy atom. The smallest absolute Gasteiger partial charge is 0.0991 e. The Hall–Kier alpha value is -3.89. The van der Waals surface area contributed by atoms with E-state index in [9.17, 15) is 5.26 Å². The van der Waals surface area contributed by atoms with Gasteiger partial charge in [0.15, 0.2) is 0 Å². The summed E-state index contributed by atoms with van der Waals surface area (Å²) in [6, 6.07) is 34.6. The van der Waals surface area contributed by atoms with Crippen molar-refractivity contribution < 1.29 is 0 Å². The van der Waals surface area contributed by atoms with Crippen LogP contribution in [0.25, 0.3) is 53.9 Å². The molecule has 0 unspecified atom stereocenters. The number of nitriles is 1. The third-order valence-electron chi connectivity index (χ3n) is 5.79. The Bertz CT molecular complexity index is 1620. The molecular formula is C27H15N. The van der Waals surface area contributed by atoms with Gasteiger partial charge in [0.25, 0.3) is 0 Å². The number of rotatable bonds is 0. The quantitative estimate of drug-likeness (QED) is 0.207. The monoisotopic (exact) mass is 353 g/mol. The maximum absolute atomic E-state index is 9.18. The van der Waals surface area contributed by atoms with Crippen molar-refractivity contribution in [1.82, 2.24) is 0 Å². The molecule has 28 heavy (non-hydrogen) atoms. The molecule has 0 spiro atoms. The molecule has 0 aromatic heterocycles. The Labute approximate surface area is 162 Å². The van der Waals surface area contributed by atoms with Crippen molar-refractivity contribution in [3.63, 3.8) is 0 Å². The van der Waals surface area contributed by atoms with E-state index in [4.69, 9.17) is 0 Å². The molecule has 0 radical (unpaired) electrons. The van der Waals surface area contributed by atoms with Crippen molar-refractivity contribution in [2.75, 3.05) is 0 Å². The Morgan fingerprint density at radius 1 is 0.429 bits per heavy atom. The van der Waals surface area contributed by atoms with Crippen LogP contribution in [-0.4, -0.2) is 0 Å². The number of fused-ring (bicyclic) bond motifs is 7. The van der Waals surface area contributed by atoms with Crippen LogP contribution < -0.4 is 0 Å². The number of benzene rings is 6. The molecule has 0 saturated carbocycles. The minimum absolute atomic E-state index is 0.700. The number of nitrogens with zero attached hydrogens (tertiary/aromatic N) is 1. The molecule has 0 N–H and O–H groups in total. The van der Waals surface area contributed by atoms with Crippen LogP contribution in [0.5, 0.6) is 0 Å². The molecule has 6 aromatic rings. The average Bonchev–Trinajstić information content (AvgIpc) is 2.75. The molecule has 1 nitrogen and oxygen atoms in total. The lowest BCUT2D eigenvalue weighted by Crippen LogP contribution is -1.83. The van der Waals surface area contributed by atoms with Crippen LogP contribution in [0, 0.1) is 11.3 Å². The topological polar surface area (TPSA) is 23.8 Å². The summed E-state index contributed by atoms with van der Waals surface area (Å²) >= 11 is 0. The summed E-state index contributed by atoms with van der Waals surface area (Å²) in [5, 5.41) is 21.6. The van der Waals surface area contributed by atoms with Crippen molar-refractivity contribution in [2.24, 2.45) is 0 Å². The van der Waals surface area contributed by atoms with Gasteiger partial charge in [0.05, 0.1) is 11.6 Å². The van der Waals surface area contributed by atoms with Gasteiger partial charge < -0.3 is 0 Å². The maximum Gasteiger partial charge on any atom is 0.0991 e. The first-order valence-electron chi connectivity index (χ1n) is 9.42. The van der Waals surface area contributed by atoms with E-state index in [1.165, 1.54) is 43.1 Å². The van der Waals surface area contributed by atoms with Crippen LogP contribution in [0.15, 0.2) is 91.0 Å². The molecule has 0 fully saturated rings. The van der Waals surface area contributed by atoms with Crippen LogP contribution in [0.3, 0.4) is 0 Å². The fourth-order valence-corrected chi connectivity index (χ4v) is 4.38. The summed E-state index contributed by atoms with van der Waals surface area (Å²) in [7, 11) is 0. The van der Waals surface area contributed by atoms with Gasteiger partial charge in [-0.15, -0.1) is 0 Å². The van der Waals surface area contributed by atoms with E-state index in [0.717, 1.165) is 10.8 Å². The molecule has 1 heteroatoms. The van der Waals surface area contributed by atoms with Gasteiger partial charge in [0.1, 0.15) is 0 Å². The second kappa shape index (κ2) is 5.55. The van der Waals surface area contributed by atoms with Crippen LogP contribution in [0.4, 0.5) is 0 Å². The predicted octanol–water partition coefficient (Wildman–Crippen LogP) is 7.32. The van der Waals surface area contributed by atoms with Crippen LogP contribution in [-0.2, 0) is 0 Å². The summed E-state index contributed by atoms with van der Waals surface area (Å²) in [6.45, 7) is 0. The molecule has 0 aliphatic rings. The summed E-state index contributed by atoms with van der Waals surface area (Å²) in [5.74, 6) is 0. The first kappa shape index (κ1) is 15.2. The molecule has 0 aliphatic heterocycles. The Balaban J connectivity index is 1.74. The lowest BCUT2D eigenvalue weighted by molar-refractivity contribution is 1.50. The summed E-state index contributed by atoms with van der Waals surface area (Å²) in [4.78, 5) is 0. The second-order valence-corrected chi connectivity index (χ2v) is 7.39. The third-order valence-corrected chi connectivity index (χ3v) is 5.79. The highest BCUT2D eigenvalue weighted by Gasteiger charge is 2.08. The lowest BCUT2D eigenvalue weighted by Gasteiger charge is -2.10. The highest BCUT2D eigenvalue weighted by atomic mass is 14.2. The van der Waals surface area contributed by atoms with E-state index in [1.54, 1.807) is 0 Å². The molecule has 0 saturated heterocycles. The van der Waals surface area contributed by atoms with E-state index in [2.05, 4.69) is 78.9 Å². The molecule has 0 atom stereocenters. The van der Waals surface area contributed by atoms with E-state index >= 15 is 0 Å². The highest BCUT2D eigenvalue weighted by Crippen LogP contribution is 2.35. The molecular weight excluding hydrogens is 338 g/mol. The summed E-state index contributed by atoms with van der Waals surface area (Å²) < 4.78 is 0. The van der Waals surface area contributed by atoms with Crippen molar-refractivity contribution in [3.05, 3.63) is 96.6 Å². The normalized spacial score (nSPS) is 11.5. The van der Waals surface area contributed by atoms with E-state index in [1.807, 2.05) is 18.2 Å². The number of hydrogen-bond donors (Lipinski definition) is 0. The lowest BCUT2D eigenvalue weighted by atomic mass is 9.93. The zero-order valence-corrected chi connectivity index (χ0v) is 15.1. The van der Waals surface area contributed by atoms with Crippen LogP contribution in [0.2, 0.25) is 0 Å². The van der Waals surface area contributed by atoms with E-state index in [-0.39, 0.29) is 0 Å². The first-order valence-corrected chi connectivity index (χ1v) is 9.42. The van der Waals surface area contributed by atoms with Gasteiger partial charge in [-0.2, -0.15) is 5.26 Å². The largest absolute Gasteiger partial charge is 0.192 e. The van der Waals surface area contributed by atoms with Gasteiger partial charge in [-0.05, 0) is 90.3 Å². The third kappa shape index (κ3) is 2.12. The zero-order chi connectivity index (χ0) is 18.7. The highest BCUT2D eigenvalue weighted by molar-refractivity contribution is 6.20. The standard InChI is InChI=1S/C27H15N/c28-16-17-5-6-20-15-27-22(13-23(20)11-17)8-10-24-25(27)9-7-21-12-18-3-1-2-4-19(18)14-26(21)24/h1-15H. The molecule has 0 heterocycles. The second-order valence-electron chi connectivity index (χ2n) is 7.39. The first-order chi connectivity index (χ1) is 13.8. The summed E-state index contributed by atoms with van der Waals surface area (Å²) in [6.07, 6.45) is 0. The average molecular weight is 353 g/mol. The van der Waals surface area contributed by atoms with Crippen molar-refractivity contribution in [3.8, 4) is 6.07 Å². The molecule has 6 rings (SSSR count). The van der Waals surface area contributed by atoms with Crippen molar-refractivity contribution in [1.29, 1.82) is 5.26 Å². The molecule has 0 aliphatic carbocycles. The maximum atomic E-state index is 9.18. The minimum Gasteiger partial charge on any atom is -0.192 e. The van der Waals surface area contributed by atoms with Crippen LogP contribution in [0.1, 0.15) is 5.56 Å². The zero-order valence-electron chi connectivity index (χ0n) is 15.1. The molecule has 0 amide bonds. The van der Waals surface area contributed by atoms with E-state index < -0.39 is 0 Å². The van der Waals surface area contributed by atoms with E-state index in [0.29, 0.717) is 5.56 Å². The Morgan fingerprint density at radius 3 is 1.61 bits per heavy atom. The molecule has 6 aromatic carbocycles. The predicted molar refractivity (Wildman–Crippen MR) is 119 cm³/mol. The fraction of sp³-hybridized carbons (Fsp3) is 0. The van der Waals surface area contributed by atoms with Gasteiger partial charge in [0.2, 0.25) is 0 Å². The fourth-order valence-electron chi connectivity index (χ4n) is 4.38. The summed E-state index contributed by atoms with van der Waals surface area (Å²) in [5.41, 5.74) is 0.700. The minimum atomic E-state index is 0.700. The SMILES string of the molecule is N#Cc1ccc2cc3c(ccc4c5cc6ccccc6cc5ccc34)cc2c1. The van der Waals surface area contributed by atoms with Gasteiger partial charge in [0, 0.05) is 0 Å². The van der Waals surface area contributed by atoms with Gasteiger partial charge in [-0.1, -0.05) is 54.6 Å². The number of hydrogen-bond acceptors (Lipinski definition) is 1. The van der Waals surface area contributed by atoms with Gasteiger partial charge in [-0.3, -0.25) is 0 Å². The molecule has 0 bridgehead atoms. The van der Waals surface area contributed by atoms with Gasteiger partial charge in [-0.25, -0.2) is 0 Å². The Kier molecular flexibility index (Phi) is 3.01. The molecule has 128 valence electrons. The van der Waals surface area contributed by atoms with Crippen molar-refractivity contribution >= 4 is 53.9 Å².